The van der Waals surface area contributed by atoms with Gasteiger partial charge < -0.3 is 4.57 Å². The van der Waals surface area contributed by atoms with Gasteiger partial charge in [0.15, 0.2) is 11.2 Å². The van der Waals surface area contributed by atoms with Crippen molar-refractivity contribution in [2.75, 3.05) is 0 Å². The zero-order chi connectivity index (χ0) is 18.5. The van der Waals surface area contributed by atoms with Gasteiger partial charge in [0.2, 0.25) is 0 Å². The number of ketones is 1. The maximum absolute atomic E-state index is 12.7. The van der Waals surface area contributed by atoms with E-state index in [4.69, 9.17) is 0 Å². The lowest BCUT2D eigenvalue weighted by Crippen LogP contribution is -2.18. The van der Waals surface area contributed by atoms with E-state index in [9.17, 15) is 9.59 Å². The molecule has 0 radical (unpaired) electrons. The van der Waals surface area contributed by atoms with Gasteiger partial charge in [0.1, 0.15) is 0 Å². The molecule has 3 rings (SSSR count). The summed E-state index contributed by atoms with van der Waals surface area (Å²) in [5, 5.41) is 0.603. The van der Waals surface area contributed by atoms with Gasteiger partial charge in [-0.1, -0.05) is 32.3 Å². The van der Waals surface area contributed by atoms with Crippen LogP contribution in [0, 0.1) is 0 Å². The summed E-state index contributed by atoms with van der Waals surface area (Å²) in [4.78, 5) is 28.7. The highest BCUT2D eigenvalue weighted by molar-refractivity contribution is 5.97. The van der Waals surface area contributed by atoms with E-state index in [1.54, 1.807) is 18.6 Å². The molecule has 0 N–H and O–H groups in total. The Morgan fingerprint density at radius 3 is 2.50 bits per heavy atom. The highest BCUT2D eigenvalue weighted by atomic mass is 16.1. The lowest BCUT2D eigenvalue weighted by atomic mass is 10.0. The van der Waals surface area contributed by atoms with Crippen molar-refractivity contribution >= 4 is 16.7 Å². The van der Waals surface area contributed by atoms with Gasteiger partial charge in [-0.2, -0.15) is 0 Å². The van der Waals surface area contributed by atoms with Crippen molar-refractivity contribution in [3.8, 4) is 11.1 Å². The summed E-state index contributed by atoms with van der Waals surface area (Å²) in [7, 11) is 0. The number of aryl methyl sites for hydroxylation is 1. The smallest absolute Gasteiger partial charge is 0.200 e. The van der Waals surface area contributed by atoms with E-state index in [1.165, 1.54) is 19.8 Å². The third-order valence-corrected chi connectivity index (χ3v) is 4.73. The molecule has 2 heterocycles. The Bertz CT molecular complexity index is 975. The van der Waals surface area contributed by atoms with Crippen LogP contribution in [0.25, 0.3) is 22.0 Å². The van der Waals surface area contributed by atoms with Crippen molar-refractivity contribution in [2.45, 2.75) is 46.1 Å². The molecule has 0 unspecified atom stereocenters. The molecule has 3 aromatic rings. The lowest BCUT2D eigenvalue weighted by molar-refractivity contribution is 0.101. The first-order valence-electron chi connectivity index (χ1n) is 9.20. The van der Waals surface area contributed by atoms with Crippen LogP contribution < -0.4 is 5.43 Å². The molecule has 134 valence electrons. The molecular weight excluding hydrogens is 324 g/mol. The molecule has 2 aromatic heterocycles. The van der Waals surface area contributed by atoms with Gasteiger partial charge in [0, 0.05) is 30.5 Å². The Hall–Kier alpha value is -2.75. The van der Waals surface area contributed by atoms with E-state index in [0.29, 0.717) is 5.39 Å². The fraction of sp³-hybridized carbons (Fsp3) is 0.318. The van der Waals surface area contributed by atoms with Crippen molar-refractivity contribution < 1.29 is 4.79 Å². The molecule has 0 aliphatic heterocycles. The molecule has 0 aliphatic rings. The molecule has 4 nitrogen and oxygen atoms in total. The van der Waals surface area contributed by atoms with E-state index in [1.807, 2.05) is 30.3 Å². The summed E-state index contributed by atoms with van der Waals surface area (Å²) in [6, 6.07) is 9.71. The zero-order valence-corrected chi connectivity index (χ0v) is 15.4. The molecule has 1 aromatic carbocycles. The van der Waals surface area contributed by atoms with Gasteiger partial charge in [-0.05, 0) is 48.7 Å². The molecule has 4 heteroatoms. The predicted molar refractivity (Wildman–Crippen MR) is 106 cm³/mol. The van der Waals surface area contributed by atoms with Crippen molar-refractivity contribution in [1.29, 1.82) is 0 Å². The number of aromatic nitrogens is 2. The molecule has 0 saturated heterocycles. The number of hydrogen-bond acceptors (Lipinski definition) is 3. The van der Waals surface area contributed by atoms with Gasteiger partial charge in [-0.3, -0.25) is 14.6 Å². The number of hydrogen-bond donors (Lipinski definition) is 0. The first-order chi connectivity index (χ1) is 12.6. The fourth-order valence-corrected chi connectivity index (χ4v) is 3.26. The van der Waals surface area contributed by atoms with Crippen LogP contribution in [0.2, 0.25) is 0 Å². The third kappa shape index (κ3) is 3.74. The standard InChI is InChI=1S/C22H24N2O2/c1-3-4-5-6-13-24-15-20(16(2)25)22(26)19-8-7-18(14-21(19)24)17-9-11-23-12-10-17/h7-12,14-15H,3-6,13H2,1-2H3. The minimum absolute atomic E-state index is 0.182. The predicted octanol–water partition coefficient (Wildman–Crippen LogP) is 4.85. The monoisotopic (exact) mass is 348 g/mol. The van der Waals surface area contributed by atoms with E-state index >= 15 is 0 Å². The highest BCUT2D eigenvalue weighted by Crippen LogP contribution is 2.23. The number of fused-ring (bicyclic) bond motifs is 1. The second-order valence-electron chi connectivity index (χ2n) is 6.65. The van der Waals surface area contributed by atoms with E-state index < -0.39 is 0 Å². The molecule has 0 bridgehead atoms. The Kier molecular flexibility index (Phi) is 5.61. The number of nitrogens with zero attached hydrogens (tertiary/aromatic N) is 2. The Labute approximate surface area is 153 Å². The lowest BCUT2D eigenvalue weighted by Gasteiger charge is -2.14. The zero-order valence-electron chi connectivity index (χ0n) is 15.4. The minimum Gasteiger partial charge on any atom is -0.346 e. The molecule has 0 fully saturated rings. The van der Waals surface area contributed by atoms with Gasteiger partial charge in [0.25, 0.3) is 0 Å². The van der Waals surface area contributed by atoms with Gasteiger partial charge >= 0.3 is 0 Å². The average molecular weight is 348 g/mol. The van der Waals surface area contributed by atoms with Gasteiger partial charge in [-0.15, -0.1) is 0 Å². The van der Waals surface area contributed by atoms with Crippen LogP contribution in [0.1, 0.15) is 49.9 Å². The van der Waals surface area contributed by atoms with Crippen molar-refractivity contribution in [1.82, 2.24) is 9.55 Å². The van der Waals surface area contributed by atoms with Crippen LogP contribution >= 0.6 is 0 Å². The van der Waals surface area contributed by atoms with E-state index in [0.717, 1.165) is 36.0 Å². The summed E-state index contributed by atoms with van der Waals surface area (Å²) in [5.74, 6) is -0.183. The van der Waals surface area contributed by atoms with Gasteiger partial charge in [-0.25, -0.2) is 0 Å². The summed E-state index contributed by atoms with van der Waals surface area (Å²) in [6.07, 6.45) is 9.80. The number of pyridine rings is 2. The Morgan fingerprint density at radius 1 is 1.04 bits per heavy atom. The van der Waals surface area contributed by atoms with Crippen LogP contribution in [-0.4, -0.2) is 15.3 Å². The normalized spacial score (nSPS) is 11.0. The first-order valence-corrected chi connectivity index (χ1v) is 9.20. The summed E-state index contributed by atoms with van der Waals surface area (Å²) in [6.45, 7) is 4.44. The number of carbonyl (C=O) groups is 1. The van der Waals surface area contributed by atoms with Crippen molar-refractivity contribution in [2.24, 2.45) is 0 Å². The summed E-state index contributed by atoms with van der Waals surface area (Å²) >= 11 is 0. The molecule has 0 spiro atoms. The topological polar surface area (TPSA) is 52.0 Å². The largest absolute Gasteiger partial charge is 0.346 e. The SMILES string of the molecule is CCCCCCn1cc(C(C)=O)c(=O)c2ccc(-c3ccncc3)cc21. The number of unbranched alkanes of at least 4 members (excludes halogenated alkanes) is 3. The maximum atomic E-state index is 12.7. The Balaban J connectivity index is 2.12. The molecule has 0 saturated carbocycles. The van der Waals surface area contributed by atoms with Crippen molar-refractivity contribution in [3.63, 3.8) is 0 Å². The first kappa shape index (κ1) is 18.1. The Morgan fingerprint density at radius 2 is 1.81 bits per heavy atom. The number of carbonyl (C=O) groups excluding carboxylic acids is 1. The van der Waals surface area contributed by atoms with Crippen molar-refractivity contribution in [3.05, 3.63) is 64.7 Å². The third-order valence-electron chi connectivity index (χ3n) is 4.73. The number of benzene rings is 1. The average Bonchev–Trinajstić information content (AvgIpc) is 2.67. The molecule has 26 heavy (non-hydrogen) atoms. The molecule has 0 atom stereocenters. The highest BCUT2D eigenvalue weighted by Gasteiger charge is 2.13. The van der Waals surface area contributed by atoms with Crippen LogP contribution in [0.15, 0.2) is 53.7 Å². The quantitative estimate of drug-likeness (QED) is 0.453. The van der Waals surface area contributed by atoms with Crippen LogP contribution in [-0.2, 0) is 6.54 Å². The van der Waals surface area contributed by atoms with Crippen LogP contribution in [0.3, 0.4) is 0 Å². The van der Waals surface area contributed by atoms with E-state index in [-0.39, 0.29) is 16.8 Å². The maximum Gasteiger partial charge on any atom is 0.200 e. The number of Topliss-reactive ketones (excluding diaryl/α,β-unsaturated/α-hetero) is 1. The second-order valence-corrected chi connectivity index (χ2v) is 6.65. The fourth-order valence-electron chi connectivity index (χ4n) is 3.26. The number of rotatable bonds is 7. The van der Waals surface area contributed by atoms with Gasteiger partial charge in [0.05, 0.1) is 11.1 Å². The minimum atomic E-state index is -0.183. The van der Waals surface area contributed by atoms with Crippen LogP contribution in [0.4, 0.5) is 0 Å². The second kappa shape index (κ2) is 8.09. The summed E-state index contributed by atoms with van der Waals surface area (Å²) in [5.41, 5.74) is 3.06. The molecule has 0 aliphatic carbocycles. The molecular formula is C22H24N2O2. The van der Waals surface area contributed by atoms with Crippen LogP contribution in [0.5, 0.6) is 0 Å². The summed E-state index contributed by atoms with van der Waals surface area (Å²) < 4.78 is 2.06. The molecule has 0 amide bonds. The van der Waals surface area contributed by atoms with E-state index in [2.05, 4.69) is 16.5 Å².